The Balaban J connectivity index is 1.52. The molecule has 1 N–H and O–H groups in total. The molecule has 1 heterocycles. The Hall–Kier alpha value is -1.98. The number of hydrogen-bond acceptors (Lipinski definition) is 5. The minimum Gasteiger partial charge on any atom is -0.414 e. The zero-order chi connectivity index (χ0) is 16.1. The molecule has 4 nitrogen and oxygen atoms in total. The average Bonchev–Trinajstić information content (AvgIpc) is 3.00. The second-order valence-corrected chi connectivity index (χ2v) is 6.46. The van der Waals surface area contributed by atoms with E-state index in [9.17, 15) is 0 Å². The van der Waals surface area contributed by atoms with Gasteiger partial charge >= 0.3 is 0 Å². The standard InChI is InChI=1S/C17H16ClN3OS/c1-12-3-2-4-15(9-12)19-10-16-20-21-17(22-16)23-11-13-5-7-14(18)8-6-13/h2-9,19H,10-11H2,1H3. The van der Waals surface area contributed by atoms with Gasteiger partial charge in [0, 0.05) is 16.5 Å². The van der Waals surface area contributed by atoms with Crippen LogP contribution in [-0.2, 0) is 12.3 Å². The molecule has 0 aliphatic heterocycles. The number of benzene rings is 2. The third-order valence-corrected chi connectivity index (χ3v) is 4.33. The maximum atomic E-state index is 5.87. The third kappa shape index (κ3) is 4.74. The molecule has 0 aliphatic carbocycles. The number of aryl methyl sites for hydroxylation is 1. The number of rotatable bonds is 6. The van der Waals surface area contributed by atoms with Crippen molar-refractivity contribution in [1.29, 1.82) is 0 Å². The zero-order valence-electron chi connectivity index (χ0n) is 12.6. The van der Waals surface area contributed by atoms with Crippen molar-refractivity contribution in [3.8, 4) is 0 Å². The molecular formula is C17H16ClN3OS. The maximum absolute atomic E-state index is 5.87. The predicted octanol–water partition coefficient (Wildman–Crippen LogP) is 4.94. The smallest absolute Gasteiger partial charge is 0.276 e. The van der Waals surface area contributed by atoms with E-state index in [1.165, 1.54) is 17.3 Å². The van der Waals surface area contributed by atoms with E-state index < -0.39 is 0 Å². The molecule has 1 aromatic heterocycles. The van der Waals surface area contributed by atoms with Crippen LogP contribution in [-0.4, -0.2) is 10.2 Å². The number of halogens is 1. The third-order valence-electron chi connectivity index (χ3n) is 3.19. The fourth-order valence-corrected chi connectivity index (χ4v) is 2.89. The molecule has 0 bridgehead atoms. The van der Waals surface area contributed by atoms with Crippen molar-refractivity contribution in [3.63, 3.8) is 0 Å². The number of aromatic nitrogens is 2. The van der Waals surface area contributed by atoms with Crippen LogP contribution in [0.2, 0.25) is 5.02 Å². The lowest BCUT2D eigenvalue weighted by Crippen LogP contribution is -1.99. The molecule has 3 aromatic rings. The maximum Gasteiger partial charge on any atom is 0.276 e. The van der Waals surface area contributed by atoms with Gasteiger partial charge in [0.1, 0.15) is 0 Å². The van der Waals surface area contributed by atoms with Crippen LogP contribution in [0.15, 0.2) is 58.2 Å². The molecule has 0 atom stereocenters. The summed E-state index contributed by atoms with van der Waals surface area (Å²) < 4.78 is 5.63. The van der Waals surface area contributed by atoms with Crippen LogP contribution in [0, 0.1) is 6.92 Å². The Morgan fingerprint density at radius 2 is 1.96 bits per heavy atom. The summed E-state index contributed by atoms with van der Waals surface area (Å²) in [5.41, 5.74) is 3.41. The van der Waals surface area contributed by atoms with Crippen molar-refractivity contribution in [2.24, 2.45) is 0 Å². The topological polar surface area (TPSA) is 51.0 Å². The van der Waals surface area contributed by atoms with Crippen molar-refractivity contribution >= 4 is 29.1 Å². The SMILES string of the molecule is Cc1cccc(NCc2nnc(SCc3ccc(Cl)cc3)o2)c1. The lowest BCUT2D eigenvalue weighted by Gasteiger charge is -2.03. The first-order chi connectivity index (χ1) is 11.2. The van der Waals surface area contributed by atoms with Crippen LogP contribution >= 0.6 is 23.4 Å². The van der Waals surface area contributed by atoms with E-state index in [0.29, 0.717) is 17.7 Å². The zero-order valence-corrected chi connectivity index (χ0v) is 14.2. The Labute approximate surface area is 144 Å². The van der Waals surface area contributed by atoms with Gasteiger partial charge in [0.25, 0.3) is 5.22 Å². The lowest BCUT2D eigenvalue weighted by molar-refractivity contribution is 0.418. The van der Waals surface area contributed by atoms with Crippen LogP contribution in [0.5, 0.6) is 0 Å². The molecule has 3 rings (SSSR count). The summed E-state index contributed by atoms with van der Waals surface area (Å²) in [7, 11) is 0. The van der Waals surface area contributed by atoms with E-state index in [2.05, 4.69) is 34.6 Å². The van der Waals surface area contributed by atoms with Crippen molar-refractivity contribution in [2.45, 2.75) is 24.4 Å². The first-order valence-electron chi connectivity index (χ1n) is 7.19. The fraction of sp³-hybridized carbons (Fsp3) is 0.176. The summed E-state index contributed by atoms with van der Waals surface area (Å²) in [4.78, 5) is 0. The molecular weight excluding hydrogens is 330 g/mol. The van der Waals surface area contributed by atoms with Crippen LogP contribution in [0.3, 0.4) is 0 Å². The monoisotopic (exact) mass is 345 g/mol. The van der Waals surface area contributed by atoms with E-state index in [4.69, 9.17) is 16.0 Å². The van der Waals surface area contributed by atoms with Crippen LogP contribution in [0.1, 0.15) is 17.0 Å². The first-order valence-corrected chi connectivity index (χ1v) is 8.55. The van der Waals surface area contributed by atoms with Gasteiger partial charge in [0.05, 0.1) is 6.54 Å². The Morgan fingerprint density at radius 1 is 1.13 bits per heavy atom. The number of nitrogens with one attached hydrogen (secondary N) is 1. The minimum absolute atomic E-state index is 0.512. The highest BCUT2D eigenvalue weighted by atomic mass is 35.5. The summed E-state index contributed by atoms with van der Waals surface area (Å²) in [6.07, 6.45) is 0. The number of nitrogens with zero attached hydrogens (tertiary/aromatic N) is 2. The van der Waals surface area contributed by atoms with E-state index in [1.54, 1.807) is 0 Å². The molecule has 0 saturated carbocycles. The number of thioether (sulfide) groups is 1. The van der Waals surface area contributed by atoms with Crippen molar-refractivity contribution < 1.29 is 4.42 Å². The van der Waals surface area contributed by atoms with E-state index in [0.717, 1.165) is 22.0 Å². The highest BCUT2D eigenvalue weighted by Crippen LogP contribution is 2.22. The second-order valence-electron chi connectivity index (χ2n) is 5.10. The van der Waals surface area contributed by atoms with Gasteiger partial charge in [0.15, 0.2) is 0 Å². The number of hydrogen-bond donors (Lipinski definition) is 1. The van der Waals surface area contributed by atoms with Gasteiger partial charge in [-0.25, -0.2) is 0 Å². The molecule has 0 spiro atoms. The molecule has 0 amide bonds. The van der Waals surface area contributed by atoms with Gasteiger partial charge in [-0.05, 0) is 42.3 Å². The Kier molecular flexibility index (Phi) is 5.20. The molecule has 2 aromatic carbocycles. The Morgan fingerprint density at radius 3 is 2.74 bits per heavy atom. The van der Waals surface area contributed by atoms with Gasteiger partial charge in [-0.2, -0.15) is 0 Å². The minimum atomic E-state index is 0.512. The van der Waals surface area contributed by atoms with Gasteiger partial charge in [-0.1, -0.05) is 47.6 Å². The summed E-state index contributed by atoms with van der Waals surface area (Å²) in [6, 6.07) is 15.9. The molecule has 0 radical (unpaired) electrons. The van der Waals surface area contributed by atoms with Crippen molar-refractivity contribution in [1.82, 2.24) is 10.2 Å². The quantitative estimate of drug-likeness (QED) is 0.641. The molecule has 0 unspecified atom stereocenters. The predicted molar refractivity (Wildman–Crippen MR) is 93.8 cm³/mol. The molecule has 118 valence electrons. The van der Waals surface area contributed by atoms with Gasteiger partial charge in [-0.15, -0.1) is 10.2 Å². The molecule has 23 heavy (non-hydrogen) atoms. The van der Waals surface area contributed by atoms with Crippen molar-refractivity contribution in [3.05, 3.63) is 70.6 Å². The van der Waals surface area contributed by atoms with Crippen LogP contribution < -0.4 is 5.32 Å². The summed E-state index contributed by atoms with van der Waals surface area (Å²) in [5.74, 6) is 1.34. The number of anilines is 1. The molecule has 0 aliphatic rings. The van der Waals surface area contributed by atoms with E-state index in [-0.39, 0.29) is 0 Å². The highest BCUT2D eigenvalue weighted by molar-refractivity contribution is 7.98. The molecule has 6 heteroatoms. The lowest BCUT2D eigenvalue weighted by atomic mass is 10.2. The van der Waals surface area contributed by atoms with Gasteiger partial charge in [-0.3, -0.25) is 0 Å². The highest BCUT2D eigenvalue weighted by Gasteiger charge is 2.07. The average molecular weight is 346 g/mol. The summed E-state index contributed by atoms with van der Waals surface area (Å²) in [6.45, 7) is 2.57. The van der Waals surface area contributed by atoms with Crippen LogP contribution in [0.4, 0.5) is 5.69 Å². The Bertz CT molecular complexity index is 774. The van der Waals surface area contributed by atoms with E-state index >= 15 is 0 Å². The fourth-order valence-electron chi connectivity index (χ4n) is 2.03. The first kappa shape index (κ1) is 15.9. The van der Waals surface area contributed by atoms with Gasteiger partial charge in [0.2, 0.25) is 5.89 Å². The summed E-state index contributed by atoms with van der Waals surface area (Å²) >= 11 is 7.39. The van der Waals surface area contributed by atoms with Gasteiger partial charge < -0.3 is 9.73 Å². The van der Waals surface area contributed by atoms with E-state index in [1.807, 2.05) is 36.4 Å². The normalized spacial score (nSPS) is 10.7. The molecule has 0 saturated heterocycles. The van der Waals surface area contributed by atoms with Crippen LogP contribution in [0.25, 0.3) is 0 Å². The largest absolute Gasteiger partial charge is 0.414 e. The summed E-state index contributed by atoms with van der Waals surface area (Å²) in [5, 5.41) is 12.7. The molecule has 0 fully saturated rings. The second kappa shape index (κ2) is 7.53. The van der Waals surface area contributed by atoms with Crippen molar-refractivity contribution in [2.75, 3.05) is 5.32 Å².